The molecule has 5 nitrogen and oxygen atoms in total. The molecular weight excluding hydrogens is 254 g/mol. The molecule has 1 heterocycles. The molecule has 0 bridgehead atoms. The van der Waals surface area contributed by atoms with Crippen molar-refractivity contribution >= 4 is 5.69 Å². The molecule has 2 N–H and O–H groups in total. The van der Waals surface area contributed by atoms with Crippen LogP contribution in [0.4, 0.5) is 5.69 Å². The van der Waals surface area contributed by atoms with Crippen LogP contribution in [0, 0.1) is 13.8 Å². The first-order valence-corrected chi connectivity index (χ1v) is 6.59. The van der Waals surface area contributed by atoms with Crippen molar-refractivity contribution in [3.63, 3.8) is 0 Å². The first-order chi connectivity index (χ1) is 9.60. The summed E-state index contributed by atoms with van der Waals surface area (Å²) in [7, 11) is 0. The Morgan fingerprint density at radius 3 is 2.35 bits per heavy atom. The molecule has 1 aromatic heterocycles. The SMILES string of the molecule is CCCOc1ncnc(Oc2cc(C)cc(C)c2)c1N. The molecule has 2 aromatic rings. The van der Waals surface area contributed by atoms with Gasteiger partial charge in [-0.05, 0) is 43.5 Å². The van der Waals surface area contributed by atoms with Gasteiger partial charge in [0.1, 0.15) is 12.1 Å². The first-order valence-electron chi connectivity index (χ1n) is 6.59. The highest BCUT2D eigenvalue weighted by molar-refractivity contribution is 5.57. The molecule has 5 heteroatoms. The van der Waals surface area contributed by atoms with E-state index in [1.165, 1.54) is 6.33 Å². The molecule has 0 saturated carbocycles. The van der Waals surface area contributed by atoms with E-state index in [-0.39, 0.29) is 0 Å². The van der Waals surface area contributed by atoms with E-state index in [0.717, 1.165) is 17.5 Å². The van der Waals surface area contributed by atoms with Crippen LogP contribution in [0.15, 0.2) is 24.5 Å². The predicted octanol–water partition coefficient (Wildman–Crippen LogP) is 3.26. The second kappa shape index (κ2) is 6.23. The Balaban J connectivity index is 2.24. The number of nitrogen functional groups attached to an aromatic ring is 1. The zero-order valence-corrected chi connectivity index (χ0v) is 12.0. The summed E-state index contributed by atoms with van der Waals surface area (Å²) in [5.74, 6) is 1.38. The Hall–Kier alpha value is -2.30. The highest BCUT2D eigenvalue weighted by Crippen LogP contribution is 2.31. The monoisotopic (exact) mass is 273 g/mol. The Morgan fingerprint density at radius 2 is 1.70 bits per heavy atom. The fourth-order valence-corrected chi connectivity index (χ4v) is 1.86. The molecule has 0 atom stereocenters. The molecule has 0 spiro atoms. The predicted molar refractivity (Wildman–Crippen MR) is 78.2 cm³/mol. The number of ether oxygens (including phenoxy) is 2. The van der Waals surface area contributed by atoms with Gasteiger partial charge >= 0.3 is 0 Å². The van der Waals surface area contributed by atoms with Gasteiger partial charge in [-0.15, -0.1) is 0 Å². The molecule has 0 unspecified atom stereocenters. The number of benzene rings is 1. The minimum atomic E-state index is 0.316. The average Bonchev–Trinajstić information content (AvgIpc) is 2.38. The molecule has 0 amide bonds. The van der Waals surface area contributed by atoms with E-state index < -0.39 is 0 Å². The second-order valence-electron chi connectivity index (χ2n) is 4.67. The quantitative estimate of drug-likeness (QED) is 0.905. The van der Waals surface area contributed by atoms with E-state index in [4.69, 9.17) is 15.2 Å². The van der Waals surface area contributed by atoms with Crippen LogP contribution in [0.25, 0.3) is 0 Å². The number of anilines is 1. The van der Waals surface area contributed by atoms with E-state index >= 15 is 0 Å². The lowest BCUT2D eigenvalue weighted by molar-refractivity contribution is 0.304. The van der Waals surface area contributed by atoms with Gasteiger partial charge in [0.25, 0.3) is 0 Å². The summed E-state index contributed by atoms with van der Waals surface area (Å²) in [6.07, 6.45) is 2.27. The van der Waals surface area contributed by atoms with Gasteiger partial charge in [0.2, 0.25) is 11.8 Å². The van der Waals surface area contributed by atoms with Crippen molar-refractivity contribution in [2.24, 2.45) is 0 Å². The molecule has 106 valence electrons. The molecule has 0 fully saturated rings. The summed E-state index contributed by atoms with van der Waals surface area (Å²) in [4.78, 5) is 8.08. The summed E-state index contributed by atoms with van der Waals surface area (Å²) in [5.41, 5.74) is 8.53. The first kappa shape index (κ1) is 14.1. The van der Waals surface area contributed by atoms with Gasteiger partial charge in [0.15, 0.2) is 5.69 Å². The van der Waals surface area contributed by atoms with Crippen LogP contribution in [0.1, 0.15) is 24.5 Å². The Labute approximate surface area is 118 Å². The topological polar surface area (TPSA) is 70.3 Å². The van der Waals surface area contributed by atoms with Crippen LogP contribution in [0.5, 0.6) is 17.5 Å². The van der Waals surface area contributed by atoms with Crippen molar-refractivity contribution in [1.29, 1.82) is 0 Å². The smallest absolute Gasteiger partial charge is 0.249 e. The van der Waals surface area contributed by atoms with Crippen LogP contribution < -0.4 is 15.2 Å². The van der Waals surface area contributed by atoms with Crippen molar-refractivity contribution in [3.8, 4) is 17.5 Å². The number of hydrogen-bond acceptors (Lipinski definition) is 5. The Kier molecular flexibility index (Phi) is 4.40. The van der Waals surface area contributed by atoms with Gasteiger partial charge in [-0.2, -0.15) is 9.97 Å². The molecule has 1 aromatic carbocycles. The molecule has 20 heavy (non-hydrogen) atoms. The second-order valence-corrected chi connectivity index (χ2v) is 4.67. The number of aryl methyl sites for hydroxylation is 2. The van der Waals surface area contributed by atoms with E-state index in [1.54, 1.807) is 0 Å². The van der Waals surface area contributed by atoms with Gasteiger partial charge < -0.3 is 15.2 Å². The summed E-state index contributed by atoms with van der Waals surface area (Å²) >= 11 is 0. The molecule has 2 rings (SSSR count). The number of rotatable bonds is 5. The lowest BCUT2D eigenvalue weighted by atomic mass is 10.1. The maximum absolute atomic E-state index is 5.97. The average molecular weight is 273 g/mol. The number of nitrogens with zero attached hydrogens (tertiary/aromatic N) is 2. The van der Waals surface area contributed by atoms with Crippen molar-refractivity contribution in [2.45, 2.75) is 27.2 Å². The molecule has 0 radical (unpaired) electrons. The molecule has 0 aliphatic carbocycles. The highest BCUT2D eigenvalue weighted by Gasteiger charge is 2.11. The third kappa shape index (κ3) is 3.38. The zero-order chi connectivity index (χ0) is 14.5. The van der Waals surface area contributed by atoms with Crippen molar-refractivity contribution in [2.75, 3.05) is 12.3 Å². The molecule has 0 aliphatic rings. The van der Waals surface area contributed by atoms with E-state index in [1.807, 2.05) is 32.9 Å². The van der Waals surface area contributed by atoms with Crippen molar-refractivity contribution in [1.82, 2.24) is 9.97 Å². The van der Waals surface area contributed by atoms with Gasteiger partial charge in [0, 0.05) is 0 Å². The van der Waals surface area contributed by atoms with Gasteiger partial charge in [0.05, 0.1) is 6.61 Å². The largest absolute Gasteiger partial charge is 0.476 e. The van der Waals surface area contributed by atoms with Crippen LogP contribution in [0.2, 0.25) is 0 Å². The molecule has 0 saturated heterocycles. The van der Waals surface area contributed by atoms with Gasteiger partial charge in [-0.3, -0.25) is 0 Å². The maximum atomic E-state index is 5.97. The fraction of sp³-hybridized carbons (Fsp3) is 0.333. The summed E-state index contributed by atoms with van der Waals surface area (Å²) in [5, 5.41) is 0. The molecule has 0 aliphatic heterocycles. The van der Waals surface area contributed by atoms with Crippen molar-refractivity contribution < 1.29 is 9.47 Å². The third-order valence-electron chi connectivity index (χ3n) is 2.66. The highest BCUT2D eigenvalue weighted by atomic mass is 16.5. The van der Waals surface area contributed by atoms with Crippen LogP contribution in [-0.2, 0) is 0 Å². The minimum Gasteiger partial charge on any atom is -0.476 e. The van der Waals surface area contributed by atoms with Crippen LogP contribution in [0.3, 0.4) is 0 Å². The summed E-state index contributed by atoms with van der Waals surface area (Å²) in [6.45, 7) is 6.60. The zero-order valence-electron chi connectivity index (χ0n) is 12.0. The lowest BCUT2D eigenvalue weighted by Crippen LogP contribution is -2.04. The van der Waals surface area contributed by atoms with E-state index in [0.29, 0.717) is 29.8 Å². The standard InChI is InChI=1S/C15H19N3O2/c1-4-5-19-14-13(16)15(18-9-17-14)20-12-7-10(2)6-11(3)8-12/h6-9H,4-5,16H2,1-3H3. The lowest BCUT2D eigenvalue weighted by Gasteiger charge is -2.11. The number of nitrogens with two attached hydrogens (primary N) is 1. The maximum Gasteiger partial charge on any atom is 0.249 e. The van der Waals surface area contributed by atoms with Crippen LogP contribution in [-0.4, -0.2) is 16.6 Å². The Bertz CT molecular complexity index is 579. The molecular formula is C15H19N3O2. The summed E-state index contributed by atoms with van der Waals surface area (Å²) in [6, 6.07) is 5.94. The van der Waals surface area contributed by atoms with E-state index in [9.17, 15) is 0 Å². The number of aromatic nitrogens is 2. The summed E-state index contributed by atoms with van der Waals surface area (Å²) < 4.78 is 11.2. The van der Waals surface area contributed by atoms with Gasteiger partial charge in [-0.1, -0.05) is 13.0 Å². The Morgan fingerprint density at radius 1 is 1.05 bits per heavy atom. The van der Waals surface area contributed by atoms with E-state index in [2.05, 4.69) is 16.0 Å². The number of hydrogen-bond donors (Lipinski definition) is 1. The third-order valence-corrected chi connectivity index (χ3v) is 2.66. The normalized spacial score (nSPS) is 10.3. The minimum absolute atomic E-state index is 0.316. The van der Waals surface area contributed by atoms with Gasteiger partial charge in [-0.25, -0.2) is 0 Å². The van der Waals surface area contributed by atoms with Crippen LogP contribution >= 0.6 is 0 Å². The fourth-order valence-electron chi connectivity index (χ4n) is 1.86. The van der Waals surface area contributed by atoms with Crippen molar-refractivity contribution in [3.05, 3.63) is 35.7 Å².